The molecule has 1 N–H and O–H groups in total. The second-order valence-corrected chi connectivity index (χ2v) is 5.45. The van der Waals surface area contributed by atoms with E-state index < -0.39 is 24.3 Å². The number of halogens is 3. The average Bonchev–Trinajstić information content (AvgIpc) is 3.14. The molecule has 0 fully saturated rings. The summed E-state index contributed by atoms with van der Waals surface area (Å²) in [6, 6.07) is 7.84. The molecular formula is C17H14F3N5O2. The zero-order valence-corrected chi connectivity index (χ0v) is 13.8. The molecule has 1 amide bonds. The Morgan fingerprint density at radius 3 is 2.70 bits per heavy atom. The molecule has 1 aromatic carbocycles. The Morgan fingerprint density at radius 1 is 1.19 bits per heavy atom. The van der Waals surface area contributed by atoms with Crippen LogP contribution in [0.5, 0.6) is 5.75 Å². The number of hydrogen-bond acceptors (Lipinski definition) is 5. The molecule has 0 saturated heterocycles. The first kappa shape index (κ1) is 18.4. The number of amides is 1. The van der Waals surface area contributed by atoms with Gasteiger partial charge in [-0.15, -0.1) is 5.10 Å². The Bertz CT molecular complexity index is 912. The van der Waals surface area contributed by atoms with Crippen LogP contribution in [0.2, 0.25) is 0 Å². The van der Waals surface area contributed by atoms with Crippen LogP contribution in [-0.2, 0) is 17.5 Å². The largest absolute Gasteiger partial charge is 0.484 e. The fourth-order valence-electron chi connectivity index (χ4n) is 2.15. The van der Waals surface area contributed by atoms with Crippen LogP contribution in [0.15, 0.2) is 55.0 Å². The second kappa shape index (κ2) is 7.85. The molecule has 0 radical (unpaired) electrons. The molecule has 0 aliphatic carbocycles. The highest BCUT2D eigenvalue weighted by Gasteiger charge is 2.30. The Kier molecular flexibility index (Phi) is 5.34. The van der Waals surface area contributed by atoms with Gasteiger partial charge in [-0.25, -0.2) is 4.68 Å². The molecule has 0 saturated carbocycles. The van der Waals surface area contributed by atoms with Gasteiger partial charge in [0.2, 0.25) is 0 Å². The van der Waals surface area contributed by atoms with E-state index in [1.807, 2.05) is 0 Å². The first-order valence-electron chi connectivity index (χ1n) is 7.80. The first-order valence-corrected chi connectivity index (χ1v) is 7.80. The highest BCUT2D eigenvalue weighted by atomic mass is 19.4. The molecule has 2 aromatic heterocycles. The van der Waals surface area contributed by atoms with Crippen molar-refractivity contribution in [2.24, 2.45) is 0 Å². The van der Waals surface area contributed by atoms with Gasteiger partial charge < -0.3 is 10.1 Å². The minimum Gasteiger partial charge on any atom is -0.484 e. The fraction of sp³-hybridized carbons (Fsp3) is 0.176. The zero-order chi connectivity index (χ0) is 19.3. The van der Waals surface area contributed by atoms with E-state index in [9.17, 15) is 18.0 Å². The standard InChI is InChI=1S/C17H14F3N5O2/c18-17(19,20)12-2-1-3-15(8-12)27-11-16(26)22-9-13-10-25(24-23-13)14-4-6-21-7-5-14/h1-8,10H,9,11H2,(H,22,26). The molecule has 0 aliphatic rings. The summed E-state index contributed by atoms with van der Waals surface area (Å²) >= 11 is 0. The molecule has 0 aliphatic heterocycles. The summed E-state index contributed by atoms with van der Waals surface area (Å²) in [4.78, 5) is 15.7. The number of carbonyl (C=O) groups is 1. The third-order valence-electron chi connectivity index (χ3n) is 3.47. The molecule has 2 heterocycles. The number of nitrogens with one attached hydrogen (secondary N) is 1. The van der Waals surface area contributed by atoms with E-state index in [1.54, 1.807) is 30.7 Å². The molecule has 0 bridgehead atoms. The van der Waals surface area contributed by atoms with Crippen molar-refractivity contribution >= 4 is 5.91 Å². The predicted molar refractivity (Wildman–Crippen MR) is 87.9 cm³/mol. The summed E-state index contributed by atoms with van der Waals surface area (Å²) in [5.41, 5.74) is 0.440. The van der Waals surface area contributed by atoms with Gasteiger partial charge in [0.25, 0.3) is 5.91 Å². The molecule has 3 rings (SSSR count). The zero-order valence-electron chi connectivity index (χ0n) is 13.8. The molecule has 3 aromatic rings. The van der Waals surface area contributed by atoms with Gasteiger partial charge in [0, 0.05) is 12.4 Å². The first-order chi connectivity index (χ1) is 12.9. The van der Waals surface area contributed by atoms with E-state index in [0.29, 0.717) is 5.69 Å². The maximum atomic E-state index is 12.6. The molecule has 10 heteroatoms. The van der Waals surface area contributed by atoms with Crippen molar-refractivity contribution in [3.63, 3.8) is 0 Å². The maximum Gasteiger partial charge on any atom is 0.416 e. The van der Waals surface area contributed by atoms with Crippen LogP contribution >= 0.6 is 0 Å². The van der Waals surface area contributed by atoms with Gasteiger partial charge in [0.1, 0.15) is 11.4 Å². The number of nitrogens with zero attached hydrogens (tertiary/aromatic N) is 4. The van der Waals surface area contributed by atoms with Crippen molar-refractivity contribution in [1.29, 1.82) is 0 Å². The van der Waals surface area contributed by atoms with E-state index in [2.05, 4.69) is 20.6 Å². The average molecular weight is 377 g/mol. The van der Waals surface area contributed by atoms with Crippen molar-refractivity contribution in [3.05, 3.63) is 66.2 Å². The molecule has 140 valence electrons. The van der Waals surface area contributed by atoms with E-state index in [4.69, 9.17) is 4.74 Å². The van der Waals surface area contributed by atoms with Crippen LogP contribution in [0.25, 0.3) is 5.69 Å². The van der Waals surface area contributed by atoms with Crippen LogP contribution in [0, 0.1) is 0 Å². The predicted octanol–water partition coefficient (Wildman–Crippen LogP) is 2.38. The van der Waals surface area contributed by atoms with Gasteiger partial charge >= 0.3 is 6.18 Å². The topological polar surface area (TPSA) is 81.9 Å². The Morgan fingerprint density at radius 2 is 1.96 bits per heavy atom. The lowest BCUT2D eigenvalue weighted by Gasteiger charge is -2.10. The van der Waals surface area contributed by atoms with E-state index in [0.717, 1.165) is 17.8 Å². The summed E-state index contributed by atoms with van der Waals surface area (Å²) in [6.07, 6.45) is 0.401. The molecule has 0 spiro atoms. The summed E-state index contributed by atoms with van der Waals surface area (Å²) < 4.78 is 44.6. The number of benzene rings is 1. The number of hydrogen-bond donors (Lipinski definition) is 1. The van der Waals surface area contributed by atoms with Crippen LogP contribution in [0.4, 0.5) is 13.2 Å². The van der Waals surface area contributed by atoms with Crippen LogP contribution in [0.1, 0.15) is 11.3 Å². The highest BCUT2D eigenvalue weighted by Crippen LogP contribution is 2.31. The smallest absolute Gasteiger partial charge is 0.416 e. The van der Waals surface area contributed by atoms with Gasteiger partial charge in [0.15, 0.2) is 6.61 Å². The van der Waals surface area contributed by atoms with Gasteiger partial charge in [-0.05, 0) is 30.3 Å². The Balaban J connectivity index is 1.50. The molecule has 0 unspecified atom stereocenters. The normalized spacial score (nSPS) is 11.2. The van der Waals surface area contributed by atoms with E-state index in [1.165, 1.54) is 16.8 Å². The lowest BCUT2D eigenvalue weighted by Crippen LogP contribution is -2.28. The van der Waals surface area contributed by atoms with E-state index in [-0.39, 0.29) is 12.3 Å². The minimum absolute atomic E-state index is 0.0383. The monoisotopic (exact) mass is 377 g/mol. The molecule has 27 heavy (non-hydrogen) atoms. The van der Waals surface area contributed by atoms with Crippen molar-refractivity contribution in [1.82, 2.24) is 25.3 Å². The van der Waals surface area contributed by atoms with Crippen molar-refractivity contribution in [2.75, 3.05) is 6.61 Å². The number of carbonyl (C=O) groups excluding carboxylic acids is 1. The quantitative estimate of drug-likeness (QED) is 0.713. The van der Waals surface area contributed by atoms with E-state index >= 15 is 0 Å². The number of ether oxygens (including phenoxy) is 1. The fourth-order valence-corrected chi connectivity index (χ4v) is 2.15. The van der Waals surface area contributed by atoms with Crippen molar-refractivity contribution < 1.29 is 22.7 Å². The third kappa shape index (κ3) is 5.03. The van der Waals surface area contributed by atoms with Crippen LogP contribution in [0.3, 0.4) is 0 Å². The van der Waals surface area contributed by atoms with Gasteiger partial charge in [-0.3, -0.25) is 9.78 Å². The number of rotatable bonds is 6. The molecule has 0 atom stereocenters. The highest BCUT2D eigenvalue weighted by molar-refractivity contribution is 5.77. The maximum absolute atomic E-state index is 12.6. The Hall–Kier alpha value is -3.43. The minimum atomic E-state index is -4.47. The molecular weight excluding hydrogens is 363 g/mol. The van der Waals surface area contributed by atoms with Crippen LogP contribution < -0.4 is 10.1 Å². The summed E-state index contributed by atoms with van der Waals surface area (Å²) in [7, 11) is 0. The summed E-state index contributed by atoms with van der Waals surface area (Å²) in [6.45, 7) is -0.310. The lowest BCUT2D eigenvalue weighted by atomic mass is 10.2. The van der Waals surface area contributed by atoms with Gasteiger partial charge in [-0.1, -0.05) is 11.3 Å². The Labute approximate surface area is 151 Å². The summed E-state index contributed by atoms with van der Waals surface area (Å²) in [5.74, 6) is -0.533. The van der Waals surface area contributed by atoms with Crippen LogP contribution in [-0.4, -0.2) is 32.5 Å². The SMILES string of the molecule is O=C(COc1cccc(C(F)(F)F)c1)NCc1cn(-c2ccncc2)nn1. The van der Waals surface area contributed by atoms with Crippen molar-refractivity contribution in [3.8, 4) is 11.4 Å². The second-order valence-electron chi connectivity index (χ2n) is 5.45. The summed E-state index contributed by atoms with van der Waals surface area (Å²) in [5, 5.41) is 10.4. The van der Waals surface area contributed by atoms with Gasteiger partial charge in [0.05, 0.1) is 24.0 Å². The van der Waals surface area contributed by atoms with Gasteiger partial charge in [-0.2, -0.15) is 13.2 Å². The number of alkyl halides is 3. The lowest BCUT2D eigenvalue weighted by molar-refractivity contribution is -0.137. The molecule has 7 nitrogen and oxygen atoms in total. The van der Waals surface area contributed by atoms with Crippen molar-refractivity contribution in [2.45, 2.75) is 12.7 Å². The number of pyridine rings is 1. The third-order valence-corrected chi connectivity index (χ3v) is 3.47. The number of aromatic nitrogens is 4.